The number of nitrogens with one attached hydrogen (secondary N) is 1. The van der Waals surface area contributed by atoms with Crippen molar-refractivity contribution in [2.24, 2.45) is 12.1 Å². The second-order valence-electron chi connectivity index (χ2n) is 4.52. The minimum atomic E-state index is -2.22. The fraction of sp³-hybridized carbons (Fsp3) is 0.231. The first-order valence-corrected chi connectivity index (χ1v) is 6.06. The predicted molar refractivity (Wildman–Crippen MR) is 70.1 cm³/mol. The molecule has 4 nitrogen and oxygen atoms in total. The van der Waals surface area contributed by atoms with E-state index in [1.54, 1.807) is 25.6 Å². The molecule has 0 spiro atoms. The van der Waals surface area contributed by atoms with Gasteiger partial charge in [-0.3, -0.25) is 10.1 Å². The third-order valence-electron chi connectivity index (χ3n) is 3.14. The van der Waals surface area contributed by atoms with Crippen LogP contribution < -0.4 is 5.43 Å². The summed E-state index contributed by atoms with van der Waals surface area (Å²) in [5.74, 6) is -10.2. The van der Waals surface area contributed by atoms with Gasteiger partial charge in [0, 0.05) is 18.3 Å². The zero-order chi connectivity index (χ0) is 16.6. The van der Waals surface area contributed by atoms with Crippen molar-refractivity contribution in [2.75, 3.05) is 5.43 Å². The van der Waals surface area contributed by atoms with Crippen LogP contribution in [0.4, 0.5) is 27.6 Å². The summed E-state index contributed by atoms with van der Waals surface area (Å²) in [4.78, 5) is 0. The predicted octanol–water partition coefficient (Wildman–Crippen LogP) is 3.18. The molecule has 2 aromatic rings. The third kappa shape index (κ3) is 2.53. The van der Waals surface area contributed by atoms with Crippen molar-refractivity contribution >= 4 is 11.9 Å². The Bertz CT molecular complexity index is 738. The third-order valence-corrected chi connectivity index (χ3v) is 3.14. The summed E-state index contributed by atoms with van der Waals surface area (Å²) in [5, 5.41) is 7.61. The summed E-state index contributed by atoms with van der Waals surface area (Å²) in [7, 11) is 1.69. The van der Waals surface area contributed by atoms with Crippen molar-refractivity contribution in [1.82, 2.24) is 9.78 Å². The maximum atomic E-state index is 13.4. The zero-order valence-corrected chi connectivity index (χ0v) is 11.8. The van der Waals surface area contributed by atoms with Crippen molar-refractivity contribution < 1.29 is 22.0 Å². The van der Waals surface area contributed by atoms with Crippen molar-refractivity contribution in [1.29, 1.82) is 0 Å². The molecule has 9 heteroatoms. The number of hydrogen-bond acceptors (Lipinski definition) is 3. The van der Waals surface area contributed by atoms with Crippen LogP contribution >= 0.6 is 0 Å². The fourth-order valence-electron chi connectivity index (χ4n) is 1.84. The van der Waals surface area contributed by atoms with E-state index in [0.717, 1.165) is 5.69 Å². The lowest BCUT2D eigenvalue weighted by molar-refractivity contribution is 0.381. The molecule has 1 heterocycles. The molecule has 0 amide bonds. The van der Waals surface area contributed by atoms with E-state index < -0.39 is 34.8 Å². The van der Waals surface area contributed by atoms with Gasteiger partial charge in [0.2, 0.25) is 5.82 Å². The highest BCUT2D eigenvalue weighted by Crippen LogP contribution is 2.27. The van der Waals surface area contributed by atoms with Crippen LogP contribution in [0.25, 0.3) is 0 Å². The molecule has 0 saturated carbocycles. The lowest BCUT2D eigenvalue weighted by Gasteiger charge is -2.06. The highest BCUT2D eigenvalue weighted by atomic mass is 19.2. The summed E-state index contributed by atoms with van der Waals surface area (Å²) < 4.78 is 67.3. The van der Waals surface area contributed by atoms with E-state index in [1.165, 1.54) is 6.21 Å². The molecule has 0 fully saturated rings. The lowest BCUT2D eigenvalue weighted by atomic mass is 10.2. The van der Waals surface area contributed by atoms with Crippen LogP contribution in [0.5, 0.6) is 0 Å². The maximum absolute atomic E-state index is 13.4. The zero-order valence-electron chi connectivity index (χ0n) is 11.8. The van der Waals surface area contributed by atoms with Gasteiger partial charge in [-0.1, -0.05) is 0 Å². The van der Waals surface area contributed by atoms with Gasteiger partial charge >= 0.3 is 0 Å². The Morgan fingerprint density at radius 2 is 1.45 bits per heavy atom. The van der Waals surface area contributed by atoms with Crippen LogP contribution in [-0.4, -0.2) is 16.0 Å². The van der Waals surface area contributed by atoms with Crippen molar-refractivity contribution in [3.8, 4) is 0 Å². The van der Waals surface area contributed by atoms with Gasteiger partial charge in [-0.25, -0.2) is 22.0 Å². The van der Waals surface area contributed by atoms with Crippen molar-refractivity contribution in [3.05, 3.63) is 46.0 Å². The average molecular weight is 318 g/mol. The first-order chi connectivity index (χ1) is 10.3. The van der Waals surface area contributed by atoms with Gasteiger partial charge in [-0.2, -0.15) is 10.2 Å². The molecule has 0 aliphatic heterocycles. The second kappa shape index (κ2) is 5.74. The topological polar surface area (TPSA) is 42.2 Å². The number of hydrogen-bond donors (Lipinski definition) is 1. The number of hydrazone groups is 1. The van der Waals surface area contributed by atoms with Gasteiger partial charge in [0.05, 0.1) is 11.9 Å². The van der Waals surface area contributed by atoms with Crippen LogP contribution in [0, 0.1) is 42.9 Å². The Morgan fingerprint density at radius 1 is 0.955 bits per heavy atom. The molecule has 0 atom stereocenters. The highest BCUT2D eigenvalue weighted by Gasteiger charge is 2.25. The Morgan fingerprint density at radius 3 is 1.91 bits per heavy atom. The molecule has 118 valence electrons. The molecule has 0 radical (unpaired) electrons. The largest absolute Gasteiger partial charge is 0.272 e. The van der Waals surface area contributed by atoms with E-state index in [0.29, 0.717) is 11.3 Å². The summed E-state index contributed by atoms with van der Waals surface area (Å²) >= 11 is 0. The SMILES string of the molecule is Cc1nn(C)c(C)c1/C=N\Nc1c(F)c(F)c(F)c(F)c1F. The normalized spacial score (nSPS) is 11.5. The van der Waals surface area contributed by atoms with E-state index in [4.69, 9.17) is 0 Å². The molecule has 22 heavy (non-hydrogen) atoms. The first kappa shape index (κ1) is 15.9. The van der Waals surface area contributed by atoms with E-state index >= 15 is 0 Å². The highest BCUT2D eigenvalue weighted by molar-refractivity contribution is 5.83. The van der Waals surface area contributed by atoms with Crippen LogP contribution in [0.2, 0.25) is 0 Å². The smallest absolute Gasteiger partial charge is 0.200 e. The standard InChI is InChI=1S/C13H11F5N4/c1-5-7(6(2)22(3)21-5)4-19-20-13-11(17)9(15)8(14)10(16)12(13)18/h4,20H,1-3H3/b19-4-. The molecule has 1 aromatic heterocycles. The van der Waals surface area contributed by atoms with E-state index in [1.807, 2.05) is 5.43 Å². The maximum Gasteiger partial charge on any atom is 0.200 e. The van der Waals surface area contributed by atoms with Crippen LogP contribution in [0.1, 0.15) is 17.0 Å². The molecule has 0 bridgehead atoms. The summed E-state index contributed by atoms with van der Waals surface area (Å²) in [5.41, 5.74) is 2.51. The molecule has 0 aliphatic carbocycles. The first-order valence-electron chi connectivity index (χ1n) is 6.06. The van der Waals surface area contributed by atoms with Gasteiger partial charge in [0.15, 0.2) is 23.3 Å². The number of aryl methyl sites for hydroxylation is 2. The van der Waals surface area contributed by atoms with Gasteiger partial charge in [-0.15, -0.1) is 0 Å². The Kier molecular flexibility index (Phi) is 4.16. The summed E-state index contributed by atoms with van der Waals surface area (Å²) in [6, 6.07) is 0. The van der Waals surface area contributed by atoms with Crippen molar-refractivity contribution in [3.63, 3.8) is 0 Å². The number of anilines is 1. The van der Waals surface area contributed by atoms with E-state index in [-0.39, 0.29) is 0 Å². The molecule has 2 rings (SSSR count). The molecular weight excluding hydrogens is 307 g/mol. The number of nitrogens with zero attached hydrogens (tertiary/aromatic N) is 3. The number of rotatable bonds is 3. The second-order valence-corrected chi connectivity index (χ2v) is 4.52. The molecule has 0 unspecified atom stereocenters. The molecular formula is C13H11F5N4. The minimum Gasteiger partial charge on any atom is -0.272 e. The molecule has 0 aliphatic rings. The van der Waals surface area contributed by atoms with Crippen LogP contribution in [-0.2, 0) is 7.05 Å². The fourth-order valence-corrected chi connectivity index (χ4v) is 1.84. The van der Waals surface area contributed by atoms with Gasteiger partial charge < -0.3 is 0 Å². The summed E-state index contributed by atoms with van der Waals surface area (Å²) in [6.45, 7) is 3.42. The van der Waals surface area contributed by atoms with Gasteiger partial charge in [0.25, 0.3) is 0 Å². The Balaban J connectivity index is 2.35. The quantitative estimate of drug-likeness (QED) is 0.310. The van der Waals surface area contributed by atoms with Crippen LogP contribution in [0.15, 0.2) is 5.10 Å². The van der Waals surface area contributed by atoms with Crippen LogP contribution in [0.3, 0.4) is 0 Å². The average Bonchev–Trinajstić information content (AvgIpc) is 2.72. The molecule has 1 N–H and O–H groups in total. The van der Waals surface area contributed by atoms with E-state index in [2.05, 4.69) is 10.2 Å². The number of halogens is 5. The molecule has 0 saturated heterocycles. The summed E-state index contributed by atoms with van der Waals surface area (Å²) in [6.07, 6.45) is 1.19. The monoisotopic (exact) mass is 318 g/mol. The Labute approximate surface area is 122 Å². The molecule has 1 aromatic carbocycles. The Hall–Kier alpha value is -2.45. The van der Waals surface area contributed by atoms with Gasteiger partial charge in [0.1, 0.15) is 5.69 Å². The number of aromatic nitrogens is 2. The minimum absolute atomic E-state index is 0.568. The lowest BCUT2D eigenvalue weighted by Crippen LogP contribution is -2.06. The number of benzene rings is 1. The van der Waals surface area contributed by atoms with Gasteiger partial charge in [-0.05, 0) is 13.8 Å². The van der Waals surface area contributed by atoms with E-state index in [9.17, 15) is 22.0 Å². The van der Waals surface area contributed by atoms with Crippen molar-refractivity contribution in [2.45, 2.75) is 13.8 Å².